The lowest BCUT2D eigenvalue weighted by atomic mass is 10.4. The van der Waals surface area contributed by atoms with Gasteiger partial charge in [0.15, 0.2) is 5.82 Å². The van der Waals surface area contributed by atoms with Crippen molar-refractivity contribution in [2.75, 3.05) is 4.72 Å². The van der Waals surface area contributed by atoms with Crippen LogP contribution in [0.15, 0.2) is 46.0 Å². The van der Waals surface area contributed by atoms with Gasteiger partial charge in [-0.1, -0.05) is 22.8 Å². The number of anilines is 1. The minimum atomic E-state index is -3.66. The Morgan fingerprint density at radius 3 is 2.75 bits per heavy atom. The van der Waals surface area contributed by atoms with Gasteiger partial charge in [0.2, 0.25) is 0 Å². The first-order chi connectivity index (χ1) is 7.58. The molecule has 5 nitrogen and oxygen atoms in total. The second kappa shape index (κ2) is 4.15. The van der Waals surface area contributed by atoms with Crippen LogP contribution in [0.4, 0.5) is 5.82 Å². The van der Waals surface area contributed by atoms with Gasteiger partial charge in [0.1, 0.15) is 6.26 Å². The quantitative estimate of drug-likeness (QED) is 0.915. The molecule has 1 aromatic carbocycles. The van der Waals surface area contributed by atoms with Crippen molar-refractivity contribution in [3.05, 3.63) is 41.6 Å². The van der Waals surface area contributed by atoms with E-state index >= 15 is 0 Å². The molecule has 0 aliphatic carbocycles. The highest BCUT2D eigenvalue weighted by molar-refractivity contribution is 7.92. The topological polar surface area (TPSA) is 72.2 Å². The number of sulfonamides is 1. The third-order valence-electron chi connectivity index (χ3n) is 1.78. The smallest absolute Gasteiger partial charge is 0.263 e. The summed E-state index contributed by atoms with van der Waals surface area (Å²) in [5.74, 6) is 0.125. The van der Waals surface area contributed by atoms with Crippen molar-refractivity contribution in [2.45, 2.75) is 4.90 Å². The number of halogens is 1. The van der Waals surface area contributed by atoms with Gasteiger partial charge in [-0.2, -0.15) is 0 Å². The van der Waals surface area contributed by atoms with Crippen molar-refractivity contribution >= 4 is 27.4 Å². The van der Waals surface area contributed by atoms with E-state index in [4.69, 9.17) is 11.6 Å². The molecule has 2 aromatic rings. The fraction of sp³-hybridized carbons (Fsp3) is 0. The maximum absolute atomic E-state index is 11.8. The SMILES string of the molecule is O=S(=O)(Nc1ccon1)c1cccc(Cl)c1. The Hall–Kier alpha value is -1.53. The van der Waals surface area contributed by atoms with E-state index in [-0.39, 0.29) is 10.7 Å². The summed E-state index contributed by atoms with van der Waals surface area (Å²) in [6.07, 6.45) is 1.27. The lowest BCUT2D eigenvalue weighted by Crippen LogP contribution is -2.12. The van der Waals surface area contributed by atoms with Crippen LogP contribution in [0.2, 0.25) is 5.02 Å². The summed E-state index contributed by atoms with van der Waals surface area (Å²) < 4.78 is 30.4. The van der Waals surface area contributed by atoms with Gasteiger partial charge in [0.05, 0.1) is 4.90 Å². The second-order valence-electron chi connectivity index (χ2n) is 2.95. The average Bonchev–Trinajstić information content (AvgIpc) is 2.70. The van der Waals surface area contributed by atoms with E-state index in [0.29, 0.717) is 5.02 Å². The molecular formula is C9H7ClN2O3S. The number of hydrogen-bond donors (Lipinski definition) is 1. The summed E-state index contributed by atoms with van der Waals surface area (Å²) in [5.41, 5.74) is 0. The molecule has 84 valence electrons. The summed E-state index contributed by atoms with van der Waals surface area (Å²) in [6, 6.07) is 7.34. The maximum Gasteiger partial charge on any atom is 0.263 e. The van der Waals surface area contributed by atoms with Crippen LogP contribution in [0.5, 0.6) is 0 Å². The van der Waals surface area contributed by atoms with Crippen molar-refractivity contribution in [2.24, 2.45) is 0 Å². The van der Waals surface area contributed by atoms with E-state index in [9.17, 15) is 8.42 Å². The normalized spacial score (nSPS) is 11.3. The van der Waals surface area contributed by atoms with E-state index in [1.165, 1.54) is 24.5 Å². The molecule has 2 rings (SSSR count). The van der Waals surface area contributed by atoms with Crippen LogP contribution < -0.4 is 4.72 Å². The molecule has 0 spiro atoms. The predicted molar refractivity (Wildman–Crippen MR) is 58.8 cm³/mol. The van der Waals surface area contributed by atoms with E-state index in [1.54, 1.807) is 12.1 Å². The number of benzene rings is 1. The molecule has 0 aliphatic heterocycles. The molecule has 0 unspecified atom stereocenters. The third-order valence-corrected chi connectivity index (χ3v) is 3.37. The van der Waals surface area contributed by atoms with Gasteiger partial charge < -0.3 is 4.52 Å². The second-order valence-corrected chi connectivity index (χ2v) is 5.07. The van der Waals surface area contributed by atoms with Crippen molar-refractivity contribution in [1.29, 1.82) is 0 Å². The lowest BCUT2D eigenvalue weighted by Gasteiger charge is -2.04. The molecule has 7 heteroatoms. The molecule has 1 aromatic heterocycles. The highest BCUT2D eigenvalue weighted by atomic mass is 35.5. The molecule has 0 radical (unpaired) electrons. The fourth-order valence-electron chi connectivity index (χ4n) is 1.10. The van der Waals surface area contributed by atoms with E-state index in [2.05, 4.69) is 14.4 Å². The zero-order valence-corrected chi connectivity index (χ0v) is 9.49. The summed E-state index contributed by atoms with van der Waals surface area (Å²) in [6.45, 7) is 0. The van der Waals surface area contributed by atoms with Crippen molar-refractivity contribution in [1.82, 2.24) is 5.16 Å². The summed E-state index contributed by atoms with van der Waals surface area (Å²) in [5, 5.41) is 3.80. The van der Waals surface area contributed by atoms with Crippen LogP contribution in [-0.4, -0.2) is 13.6 Å². The van der Waals surface area contributed by atoms with Gasteiger partial charge in [0.25, 0.3) is 10.0 Å². The first-order valence-corrected chi connectivity index (χ1v) is 6.13. The molecular weight excluding hydrogens is 252 g/mol. The Labute approximate surface area is 97.1 Å². The Bertz CT molecular complexity index is 581. The highest BCUT2D eigenvalue weighted by Crippen LogP contribution is 2.18. The van der Waals surface area contributed by atoms with Crippen molar-refractivity contribution in [3.63, 3.8) is 0 Å². The third kappa shape index (κ3) is 2.34. The van der Waals surface area contributed by atoms with Crippen LogP contribution in [0.3, 0.4) is 0 Å². The summed E-state index contributed by atoms with van der Waals surface area (Å²) in [4.78, 5) is 0.0722. The first-order valence-electron chi connectivity index (χ1n) is 4.27. The summed E-state index contributed by atoms with van der Waals surface area (Å²) in [7, 11) is -3.66. The molecule has 0 bridgehead atoms. The molecule has 16 heavy (non-hydrogen) atoms. The monoisotopic (exact) mass is 258 g/mol. The highest BCUT2D eigenvalue weighted by Gasteiger charge is 2.15. The van der Waals surface area contributed by atoms with E-state index < -0.39 is 10.0 Å². The van der Waals surface area contributed by atoms with Crippen LogP contribution in [0.25, 0.3) is 0 Å². The number of nitrogens with zero attached hydrogens (tertiary/aromatic N) is 1. The molecule has 0 saturated carbocycles. The maximum atomic E-state index is 11.8. The van der Waals surface area contributed by atoms with E-state index in [1.807, 2.05) is 0 Å². The number of rotatable bonds is 3. The van der Waals surface area contributed by atoms with Gasteiger partial charge in [0, 0.05) is 11.1 Å². The van der Waals surface area contributed by atoms with Crippen LogP contribution >= 0.6 is 11.6 Å². The number of nitrogens with one attached hydrogen (secondary N) is 1. The van der Waals surface area contributed by atoms with Crippen LogP contribution in [0, 0.1) is 0 Å². The summed E-state index contributed by atoms with van der Waals surface area (Å²) >= 11 is 5.71. The first kappa shape index (κ1) is 11.0. The number of hydrogen-bond acceptors (Lipinski definition) is 4. The Balaban J connectivity index is 2.33. The van der Waals surface area contributed by atoms with Gasteiger partial charge in [-0.3, -0.25) is 4.72 Å². The number of aromatic nitrogens is 1. The van der Waals surface area contributed by atoms with Gasteiger partial charge >= 0.3 is 0 Å². The lowest BCUT2D eigenvalue weighted by molar-refractivity contribution is 0.423. The minimum absolute atomic E-state index is 0.0722. The van der Waals surface area contributed by atoms with E-state index in [0.717, 1.165) is 0 Å². The Morgan fingerprint density at radius 2 is 2.12 bits per heavy atom. The predicted octanol–water partition coefficient (Wildman–Crippen LogP) is 2.13. The standard InChI is InChI=1S/C9H7ClN2O3S/c10-7-2-1-3-8(6-7)16(13,14)12-9-4-5-15-11-9/h1-6H,(H,11,12). The van der Waals surface area contributed by atoms with Crippen LogP contribution in [-0.2, 0) is 10.0 Å². The fourth-order valence-corrected chi connectivity index (χ4v) is 2.39. The largest absolute Gasteiger partial charge is 0.363 e. The minimum Gasteiger partial charge on any atom is -0.363 e. The van der Waals surface area contributed by atoms with Crippen molar-refractivity contribution < 1.29 is 12.9 Å². The zero-order chi connectivity index (χ0) is 11.6. The van der Waals surface area contributed by atoms with Gasteiger partial charge in [-0.05, 0) is 18.2 Å². The molecule has 0 atom stereocenters. The molecule has 0 amide bonds. The molecule has 0 fully saturated rings. The Kier molecular flexibility index (Phi) is 2.84. The molecule has 0 aliphatic rings. The molecule has 0 saturated heterocycles. The molecule has 1 heterocycles. The average molecular weight is 259 g/mol. The molecule has 1 N–H and O–H groups in total. The van der Waals surface area contributed by atoms with Crippen molar-refractivity contribution in [3.8, 4) is 0 Å². The Morgan fingerprint density at radius 1 is 1.31 bits per heavy atom. The zero-order valence-electron chi connectivity index (χ0n) is 7.92. The van der Waals surface area contributed by atoms with Gasteiger partial charge in [-0.15, -0.1) is 0 Å². The van der Waals surface area contributed by atoms with Gasteiger partial charge in [-0.25, -0.2) is 8.42 Å². The van der Waals surface area contributed by atoms with Crippen LogP contribution in [0.1, 0.15) is 0 Å².